The average molecular weight is 318 g/mol. The first-order valence-electron chi connectivity index (χ1n) is 5.02. The van der Waals surface area contributed by atoms with Crippen molar-refractivity contribution >= 4 is 43.4 Å². The molecule has 72 valence electrons. The van der Waals surface area contributed by atoms with E-state index in [-0.39, 0.29) is 20.5 Å². The third-order valence-electron chi connectivity index (χ3n) is 5.62. The van der Waals surface area contributed by atoms with Crippen LogP contribution in [0.1, 0.15) is 0 Å². The highest BCUT2D eigenvalue weighted by Gasteiger charge is 3.00. The van der Waals surface area contributed by atoms with Crippen LogP contribution in [0, 0.1) is 35.5 Å². The number of hydrogen-bond donors (Lipinski definition) is 0. The Balaban J connectivity index is 1.93. The third kappa shape index (κ3) is 0.337. The predicted octanol–water partition coefficient (Wildman–Crippen LogP) is 1.16. The van der Waals surface area contributed by atoms with Crippen molar-refractivity contribution in [3.63, 3.8) is 0 Å². The Morgan fingerprint density at radius 1 is 0.786 bits per heavy atom. The highest BCUT2D eigenvalue weighted by atomic mass is 79.9. The molecule has 0 radical (unpaired) electrons. The summed E-state index contributed by atoms with van der Waals surface area (Å²) in [7, 11) is 0. The van der Waals surface area contributed by atoms with Gasteiger partial charge in [0.05, 0.1) is 8.65 Å². The van der Waals surface area contributed by atoms with Crippen molar-refractivity contribution in [3.05, 3.63) is 0 Å². The van der Waals surface area contributed by atoms with E-state index in [9.17, 15) is 9.59 Å². The van der Waals surface area contributed by atoms with Crippen LogP contribution in [0.4, 0.5) is 0 Å². The second-order valence-electron chi connectivity index (χ2n) is 5.42. The summed E-state index contributed by atoms with van der Waals surface area (Å²) >= 11 is 7.27. The second-order valence-corrected chi connectivity index (χ2v) is 8.04. The quantitative estimate of drug-likeness (QED) is 0.628. The van der Waals surface area contributed by atoms with E-state index in [2.05, 4.69) is 31.9 Å². The van der Waals surface area contributed by atoms with E-state index in [1.165, 1.54) is 0 Å². The van der Waals surface area contributed by atoms with Gasteiger partial charge in [0.25, 0.3) is 0 Å². The van der Waals surface area contributed by atoms with Crippen LogP contribution >= 0.6 is 31.9 Å². The summed E-state index contributed by atoms with van der Waals surface area (Å²) in [6.07, 6.45) is 0. The molecule has 0 aromatic heterocycles. The fourth-order valence-corrected chi connectivity index (χ4v) is 8.27. The Labute approximate surface area is 97.1 Å². The molecule has 0 N–H and O–H groups in total. The summed E-state index contributed by atoms with van der Waals surface area (Å²) in [6, 6.07) is 0. The first-order valence-corrected chi connectivity index (χ1v) is 6.60. The van der Waals surface area contributed by atoms with Crippen LogP contribution in [0.15, 0.2) is 0 Å². The maximum absolute atomic E-state index is 12.1. The van der Waals surface area contributed by atoms with E-state index >= 15 is 0 Å². The molecule has 6 fully saturated rings. The Bertz CT molecular complexity index is 419. The van der Waals surface area contributed by atoms with Crippen molar-refractivity contribution in [1.29, 1.82) is 0 Å². The van der Waals surface area contributed by atoms with Crippen LogP contribution < -0.4 is 0 Å². The minimum Gasteiger partial charge on any atom is -0.298 e. The summed E-state index contributed by atoms with van der Waals surface area (Å²) in [6.45, 7) is 0. The van der Waals surface area contributed by atoms with Crippen LogP contribution in [0.5, 0.6) is 0 Å². The van der Waals surface area contributed by atoms with Gasteiger partial charge >= 0.3 is 0 Å². The summed E-state index contributed by atoms with van der Waals surface area (Å²) in [5, 5.41) is 0. The smallest absolute Gasteiger partial charge is 0.154 e. The van der Waals surface area contributed by atoms with E-state index in [0.717, 1.165) is 0 Å². The molecule has 0 aromatic carbocycles. The second kappa shape index (κ2) is 1.53. The molecule has 2 nitrogen and oxygen atoms in total. The van der Waals surface area contributed by atoms with Gasteiger partial charge in [0.1, 0.15) is 0 Å². The molecule has 14 heavy (non-hydrogen) atoms. The van der Waals surface area contributed by atoms with Gasteiger partial charge in [-0.2, -0.15) is 0 Å². The van der Waals surface area contributed by atoms with Gasteiger partial charge in [0, 0.05) is 11.8 Å². The summed E-state index contributed by atoms with van der Waals surface area (Å²) in [4.78, 5) is 24.1. The number of hydrogen-bond acceptors (Lipinski definition) is 2. The number of halogens is 2. The summed E-state index contributed by atoms with van der Waals surface area (Å²) < 4.78 is -0.526. The van der Waals surface area contributed by atoms with Crippen molar-refractivity contribution < 1.29 is 9.59 Å². The van der Waals surface area contributed by atoms with Gasteiger partial charge < -0.3 is 0 Å². The molecule has 0 spiro atoms. The molecule has 0 unspecified atom stereocenters. The minimum atomic E-state index is -0.263. The molecule has 4 heteroatoms. The van der Waals surface area contributed by atoms with E-state index in [0.29, 0.717) is 35.2 Å². The predicted molar refractivity (Wildman–Crippen MR) is 54.3 cm³/mol. The fraction of sp³-hybridized carbons (Fsp3) is 0.800. The zero-order valence-electron chi connectivity index (χ0n) is 7.04. The summed E-state index contributed by atoms with van der Waals surface area (Å²) in [5.74, 6) is 2.45. The Morgan fingerprint density at radius 2 is 1.14 bits per heavy atom. The van der Waals surface area contributed by atoms with Crippen molar-refractivity contribution in [2.75, 3.05) is 0 Å². The number of alkyl halides is 2. The minimum absolute atomic E-state index is 0.0706. The van der Waals surface area contributed by atoms with Crippen molar-refractivity contribution in [2.24, 2.45) is 35.5 Å². The fourth-order valence-electron chi connectivity index (χ4n) is 5.46. The average Bonchev–Trinajstić information content (AvgIpc) is 2.54. The van der Waals surface area contributed by atoms with Crippen LogP contribution in [0.25, 0.3) is 0 Å². The molecule has 8 atom stereocenters. The van der Waals surface area contributed by atoms with Gasteiger partial charge in [-0.05, 0) is 23.7 Å². The van der Waals surface area contributed by atoms with Gasteiger partial charge in [-0.25, -0.2) is 0 Å². The monoisotopic (exact) mass is 316 g/mol. The lowest BCUT2D eigenvalue weighted by atomic mass is 9.41. The van der Waals surface area contributed by atoms with Crippen molar-refractivity contribution in [1.82, 2.24) is 0 Å². The molecule has 6 rings (SSSR count). The number of rotatable bonds is 0. The van der Waals surface area contributed by atoms with E-state index in [1.807, 2.05) is 0 Å². The number of carbonyl (C=O) groups is 2. The maximum Gasteiger partial charge on any atom is 0.154 e. The van der Waals surface area contributed by atoms with E-state index in [1.54, 1.807) is 0 Å². The molecule has 0 heterocycles. The number of ketones is 2. The first-order chi connectivity index (χ1) is 6.55. The molecule has 0 aliphatic heterocycles. The molecule has 0 saturated heterocycles. The lowest BCUT2D eigenvalue weighted by Gasteiger charge is -2.68. The molecule has 0 aromatic rings. The normalized spacial score (nSPS) is 79.6. The highest BCUT2D eigenvalue weighted by molar-refractivity contribution is 9.10. The third-order valence-corrected chi connectivity index (χ3v) is 8.52. The van der Waals surface area contributed by atoms with Gasteiger partial charge in [0.2, 0.25) is 0 Å². The van der Waals surface area contributed by atoms with Crippen LogP contribution in [0.3, 0.4) is 0 Å². The van der Waals surface area contributed by atoms with Gasteiger partial charge in [-0.1, -0.05) is 31.9 Å². The largest absolute Gasteiger partial charge is 0.298 e. The zero-order chi connectivity index (χ0) is 9.62. The Hall–Kier alpha value is 0.300. The highest BCUT2D eigenvalue weighted by Crippen LogP contribution is 2.92. The lowest BCUT2D eigenvalue weighted by molar-refractivity contribution is -0.139. The molecule has 6 aliphatic carbocycles. The zero-order valence-corrected chi connectivity index (χ0v) is 10.2. The standard InChI is InChI=1S/C10H6Br2O2/c11-9-3-1-2(8(9)14)4-6(9)5(3)10(4,12)7(1)13/h1-6H/t1-,2-,3+,4+,5+,6+,9-,10+/m0/s1. The first kappa shape index (κ1) is 7.55. The Morgan fingerprint density at radius 3 is 1.43 bits per heavy atom. The van der Waals surface area contributed by atoms with Crippen LogP contribution in [-0.2, 0) is 9.59 Å². The van der Waals surface area contributed by atoms with Gasteiger partial charge in [0.15, 0.2) is 11.6 Å². The Kier molecular flexibility index (Phi) is 0.824. The molecule has 0 amide bonds. The van der Waals surface area contributed by atoms with Crippen LogP contribution in [-0.4, -0.2) is 20.2 Å². The molecule has 6 aliphatic rings. The van der Waals surface area contributed by atoms with E-state index in [4.69, 9.17) is 0 Å². The number of Topliss-reactive ketones (excluding diaryl/α,β-unsaturated/α-hetero) is 2. The van der Waals surface area contributed by atoms with Gasteiger partial charge in [-0.3, -0.25) is 9.59 Å². The maximum atomic E-state index is 12.1. The molecular weight excluding hydrogens is 312 g/mol. The van der Waals surface area contributed by atoms with Crippen molar-refractivity contribution in [2.45, 2.75) is 8.65 Å². The lowest BCUT2D eigenvalue weighted by Crippen LogP contribution is -2.74. The summed E-state index contributed by atoms with van der Waals surface area (Å²) in [5.41, 5.74) is 0. The SMILES string of the molecule is O=C1[C@H]2[C@@H]3C(=O)[C@]4(Br)[C@H]5[C@@H]([C@@H]24)[C@@]1(Br)[C@H]35. The topological polar surface area (TPSA) is 34.1 Å². The molecule has 6 saturated carbocycles. The van der Waals surface area contributed by atoms with Gasteiger partial charge in [-0.15, -0.1) is 0 Å². The number of carbonyl (C=O) groups excluding carboxylic acids is 2. The van der Waals surface area contributed by atoms with E-state index < -0.39 is 0 Å². The molecule has 4 bridgehead atoms. The molecular formula is C10H6Br2O2. The van der Waals surface area contributed by atoms with Crippen LogP contribution in [0.2, 0.25) is 0 Å². The van der Waals surface area contributed by atoms with Crippen molar-refractivity contribution in [3.8, 4) is 0 Å².